The van der Waals surface area contributed by atoms with Crippen molar-refractivity contribution in [3.8, 4) is 0 Å². The van der Waals surface area contributed by atoms with Gasteiger partial charge in [-0.2, -0.15) is 8.42 Å². The summed E-state index contributed by atoms with van der Waals surface area (Å²) < 4.78 is 22.0. The first kappa shape index (κ1) is 6.06. The summed E-state index contributed by atoms with van der Waals surface area (Å²) in [7, 11) is -3.03. The Morgan fingerprint density at radius 1 is 1.71 bits per heavy atom. The zero-order chi connectivity index (χ0) is 5.70. The van der Waals surface area contributed by atoms with E-state index in [4.69, 9.17) is 5.53 Å². The van der Waals surface area contributed by atoms with Crippen molar-refractivity contribution in [3.05, 3.63) is 10.4 Å². The summed E-state index contributed by atoms with van der Waals surface area (Å²) in [4.78, 5) is 1.99. The topological polar surface area (TPSA) is 92.1 Å². The Morgan fingerprint density at radius 3 is 2.43 bits per heavy atom. The van der Waals surface area contributed by atoms with Crippen LogP contribution >= 0.6 is 0 Å². The van der Waals surface area contributed by atoms with Crippen LogP contribution in [-0.2, 0) is 15.3 Å². The molecule has 0 radical (unpaired) electrons. The number of rotatable bonds is 2. The molecule has 0 saturated heterocycles. The highest BCUT2D eigenvalue weighted by Crippen LogP contribution is 1.71. The molecule has 0 aromatic heterocycles. The smallest absolute Gasteiger partial charge is 0.305 e. The molecular formula is HN3O3S. The van der Waals surface area contributed by atoms with E-state index in [1.807, 2.05) is 4.91 Å². The molecule has 0 unspecified atom stereocenters. The van der Waals surface area contributed by atoms with E-state index in [2.05, 4.69) is 9.56 Å². The summed E-state index contributed by atoms with van der Waals surface area (Å²) in [6.07, 6.45) is 0. The third-order valence-corrected chi connectivity index (χ3v) is 0.346. The van der Waals surface area contributed by atoms with Gasteiger partial charge < -0.3 is 4.28 Å². The van der Waals surface area contributed by atoms with E-state index >= 15 is 0 Å². The third kappa shape index (κ3) is 5.06. The number of hydrogen-bond acceptors (Lipinski definition) is 4. The second-order valence-corrected chi connectivity index (χ2v) is 1.09. The Kier molecular flexibility index (Phi) is 2.82. The second kappa shape index (κ2) is 3.26. The molecule has 0 aliphatic heterocycles. The minimum Gasteiger partial charge on any atom is -0.312 e. The normalized spacial score (nSPS) is 7.57. The maximum Gasteiger partial charge on any atom is 0.305 e. The fourth-order valence-electron chi connectivity index (χ4n) is 0.0461. The fourth-order valence-corrected chi connectivity index (χ4v) is 0.138. The molecule has 0 aromatic carbocycles. The van der Waals surface area contributed by atoms with Gasteiger partial charge in [-0.05, 0) is 5.53 Å². The van der Waals surface area contributed by atoms with Crippen molar-refractivity contribution in [2.24, 2.45) is 5.28 Å². The summed E-state index contributed by atoms with van der Waals surface area (Å²) >= 11 is 0. The van der Waals surface area contributed by atoms with E-state index in [0.29, 0.717) is 0 Å². The summed E-state index contributed by atoms with van der Waals surface area (Å²) in [5.41, 5.74) is 7.38. The molecule has 0 spiro atoms. The molecular weight excluding hydrogens is 122 g/mol. The van der Waals surface area contributed by atoms with Crippen molar-refractivity contribution in [2.45, 2.75) is 0 Å². The summed E-state index contributed by atoms with van der Waals surface area (Å²) in [5.74, 6) is 0. The molecule has 0 saturated carbocycles. The number of thiol groups is 1. The molecule has 0 rings (SSSR count). The minimum atomic E-state index is -3.03. The van der Waals surface area contributed by atoms with Crippen LogP contribution in [0.1, 0.15) is 0 Å². The van der Waals surface area contributed by atoms with Crippen molar-refractivity contribution in [3.63, 3.8) is 0 Å². The van der Waals surface area contributed by atoms with Gasteiger partial charge in [-0.15, -0.1) is 0 Å². The Bertz CT molecular complexity index is 144. The Balaban J connectivity index is 3.54. The van der Waals surface area contributed by atoms with Crippen LogP contribution in [0.4, 0.5) is 0 Å². The summed E-state index contributed by atoms with van der Waals surface area (Å²) in [5, 5.41) is 2.26. The molecule has 7 heteroatoms. The highest BCUT2D eigenvalue weighted by Gasteiger charge is 1.69. The Hall–Kier alpha value is -0.940. The summed E-state index contributed by atoms with van der Waals surface area (Å²) in [6, 6.07) is 0. The number of azide groups is 1. The monoisotopic (exact) mass is 123 g/mol. The second-order valence-electron chi connectivity index (χ2n) is 0.476. The molecule has 0 aliphatic rings. The summed E-state index contributed by atoms with van der Waals surface area (Å²) in [6.45, 7) is 0. The van der Waals surface area contributed by atoms with Crippen LogP contribution in [0.3, 0.4) is 0 Å². The first-order valence-electron chi connectivity index (χ1n) is 1.13. The number of nitrogens with zero attached hydrogens (tertiary/aromatic N) is 3. The molecule has 0 atom stereocenters. The van der Waals surface area contributed by atoms with Crippen LogP contribution in [0.2, 0.25) is 0 Å². The van der Waals surface area contributed by atoms with Gasteiger partial charge in [-0.3, -0.25) is 0 Å². The van der Waals surface area contributed by atoms with Crippen molar-refractivity contribution >= 4 is 11.0 Å². The van der Waals surface area contributed by atoms with Crippen LogP contribution in [0, 0.1) is 0 Å². The maximum absolute atomic E-state index is 9.31. The highest BCUT2D eigenvalue weighted by molar-refractivity contribution is 7.67. The van der Waals surface area contributed by atoms with Gasteiger partial charge in [-0.1, -0.05) is 0 Å². The lowest BCUT2D eigenvalue weighted by atomic mass is 12.9. The van der Waals surface area contributed by atoms with Crippen LogP contribution in [0.15, 0.2) is 5.28 Å². The van der Waals surface area contributed by atoms with E-state index in [1.54, 1.807) is 0 Å². The molecule has 0 heterocycles. The molecule has 40 valence electrons. The highest BCUT2D eigenvalue weighted by atomic mass is 32.2. The van der Waals surface area contributed by atoms with Gasteiger partial charge in [0.15, 0.2) is 0 Å². The van der Waals surface area contributed by atoms with Crippen LogP contribution in [0.25, 0.3) is 10.4 Å². The quantitative estimate of drug-likeness (QED) is 0.180. The van der Waals surface area contributed by atoms with Crippen LogP contribution < -0.4 is 0 Å². The van der Waals surface area contributed by atoms with E-state index < -0.39 is 11.0 Å². The minimum absolute atomic E-state index is 1.99. The SMILES string of the molecule is [N-]=[N+]=NO[SH](=O)=O. The van der Waals surface area contributed by atoms with Gasteiger partial charge in [0.25, 0.3) is 0 Å². The molecule has 0 N–H and O–H groups in total. The Labute approximate surface area is 40.4 Å². The van der Waals surface area contributed by atoms with E-state index in [-0.39, 0.29) is 0 Å². The largest absolute Gasteiger partial charge is 0.312 e. The molecule has 7 heavy (non-hydrogen) atoms. The average molecular weight is 123 g/mol. The van der Waals surface area contributed by atoms with Gasteiger partial charge >= 0.3 is 11.0 Å². The van der Waals surface area contributed by atoms with Crippen LogP contribution in [0.5, 0.6) is 0 Å². The molecule has 6 nitrogen and oxygen atoms in total. The van der Waals surface area contributed by atoms with E-state index in [1.165, 1.54) is 0 Å². The number of hydrogen-bond donors (Lipinski definition) is 1. The Morgan fingerprint density at radius 2 is 2.29 bits per heavy atom. The van der Waals surface area contributed by atoms with Crippen molar-refractivity contribution < 1.29 is 12.7 Å². The maximum atomic E-state index is 9.31. The first-order valence-corrected chi connectivity index (χ1v) is 2.23. The average Bonchev–Trinajstić information content (AvgIpc) is 1.61. The van der Waals surface area contributed by atoms with Gasteiger partial charge in [0, 0.05) is 4.91 Å². The zero-order valence-corrected chi connectivity index (χ0v) is 3.91. The standard InChI is InChI=1S/HN3O3S/c1-2-3-6-7(4)5/h7H. The van der Waals surface area contributed by atoms with Crippen molar-refractivity contribution in [1.29, 1.82) is 0 Å². The van der Waals surface area contributed by atoms with E-state index in [9.17, 15) is 8.42 Å². The van der Waals surface area contributed by atoms with Gasteiger partial charge in [0.1, 0.15) is 5.28 Å². The lowest BCUT2D eigenvalue weighted by molar-refractivity contribution is 0.348. The molecule has 0 amide bonds. The lowest BCUT2D eigenvalue weighted by Crippen LogP contribution is -1.71. The van der Waals surface area contributed by atoms with Gasteiger partial charge in [0.2, 0.25) is 0 Å². The van der Waals surface area contributed by atoms with Crippen molar-refractivity contribution in [1.82, 2.24) is 0 Å². The third-order valence-electron chi connectivity index (χ3n) is 0.140. The first-order chi connectivity index (χ1) is 3.27. The van der Waals surface area contributed by atoms with Crippen LogP contribution in [-0.4, -0.2) is 8.42 Å². The predicted octanol–water partition coefficient (Wildman–Crippen LogP) is -0.245. The van der Waals surface area contributed by atoms with Gasteiger partial charge in [-0.25, -0.2) is 0 Å². The van der Waals surface area contributed by atoms with Crippen molar-refractivity contribution in [2.75, 3.05) is 0 Å². The predicted molar refractivity (Wildman–Crippen MR) is 20.5 cm³/mol. The van der Waals surface area contributed by atoms with Gasteiger partial charge in [0.05, 0.1) is 0 Å². The van der Waals surface area contributed by atoms with E-state index in [0.717, 1.165) is 0 Å². The zero-order valence-electron chi connectivity index (χ0n) is 3.01. The molecule has 0 fully saturated rings. The molecule has 0 bridgehead atoms. The fraction of sp³-hybridized carbons (Fsp3) is 0. The molecule has 0 aliphatic carbocycles. The molecule has 0 aromatic rings. The lowest BCUT2D eigenvalue weighted by Gasteiger charge is -1.71.